The van der Waals surface area contributed by atoms with Crippen LogP contribution in [0.25, 0.3) is 0 Å². The smallest absolute Gasteiger partial charge is 0.217 e. The molecule has 0 saturated heterocycles. The highest BCUT2D eigenvalue weighted by Crippen LogP contribution is 2.34. The van der Waals surface area contributed by atoms with E-state index in [1.807, 2.05) is 6.92 Å². The normalized spacial score (nSPS) is 17.2. The van der Waals surface area contributed by atoms with Gasteiger partial charge in [-0.15, -0.1) is 0 Å². The van der Waals surface area contributed by atoms with Crippen molar-refractivity contribution in [2.75, 3.05) is 13.7 Å². The van der Waals surface area contributed by atoms with Gasteiger partial charge in [-0.05, 0) is 36.8 Å². The molecule has 2 atom stereocenters. The van der Waals surface area contributed by atoms with Crippen molar-refractivity contribution in [3.63, 3.8) is 0 Å². The number of aliphatic imine (C=N–C) groups is 1. The SMILES string of the molecule is CO[C@H](C)[C@H]1COC(c2ccccc2P(c2ccccc2)c2ccccc2)=N1. The Hall–Kier alpha value is -2.48. The molecule has 1 heterocycles. The van der Waals surface area contributed by atoms with Crippen molar-refractivity contribution in [1.82, 2.24) is 0 Å². The Balaban J connectivity index is 1.81. The predicted octanol–water partition coefficient (Wildman–Crippen LogP) is 3.63. The van der Waals surface area contributed by atoms with Crippen molar-refractivity contribution < 1.29 is 9.47 Å². The van der Waals surface area contributed by atoms with Crippen LogP contribution in [0.1, 0.15) is 12.5 Å². The lowest BCUT2D eigenvalue weighted by atomic mass is 10.2. The molecule has 3 aromatic rings. The van der Waals surface area contributed by atoms with Gasteiger partial charge in [0.05, 0.1) is 6.10 Å². The van der Waals surface area contributed by atoms with E-state index >= 15 is 0 Å². The summed E-state index contributed by atoms with van der Waals surface area (Å²) in [5.74, 6) is 0.726. The second kappa shape index (κ2) is 8.68. The molecule has 4 heteroatoms. The van der Waals surface area contributed by atoms with Gasteiger partial charge in [-0.3, -0.25) is 0 Å². The molecule has 0 radical (unpaired) electrons. The zero-order valence-corrected chi connectivity index (χ0v) is 17.1. The van der Waals surface area contributed by atoms with Gasteiger partial charge < -0.3 is 9.47 Å². The van der Waals surface area contributed by atoms with E-state index < -0.39 is 7.92 Å². The molecule has 4 rings (SSSR count). The summed E-state index contributed by atoms with van der Waals surface area (Å²) in [5.41, 5.74) is 1.08. The van der Waals surface area contributed by atoms with Crippen LogP contribution < -0.4 is 15.9 Å². The van der Waals surface area contributed by atoms with Crippen LogP contribution in [-0.2, 0) is 9.47 Å². The van der Waals surface area contributed by atoms with Crippen molar-refractivity contribution in [2.24, 2.45) is 4.99 Å². The molecular weight excluding hydrogens is 365 g/mol. The lowest BCUT2D eigenvalue weighted by Crippen LogP contribution is -2.25. The number of nitrogens with zero attached hydrogens (tertiary/aromatic N) is 1. The van der Waals surface area contributed by atoms with Crippen molar-refractivity contribution in [2.45, 2.75) is 19.1 Å². The molecule has 0 amide bonds. The van der Waals surface area contributed by atoms with Gasteiger partial charge in [-0.1, -0.05) is 78.9 Å². The Kier molecular flexibility index (Phi) is 5.85. The van der Waals surface area contributed by atoms with E-state index in [2.05, 4.69) is 84.9 Å². The molecule has 0 unspecified atom stereocenters. The van der Waals surface area contributed by atoms with Gasteiger partial charge in [0, 0.05) is 12.7 Å². The lowest BCUT2D eigenvalue weighted by Gasteiger charge is -2.22. The van der Waals surface area contributed by atoms with E-state index in [1.165, 1.54) is 15.9 Å². The summed E-state index contributed by atoms with van der Waals surface area (Å²) in [7, 11) is 1.01. The molecule has 28 heavy (non-hydrogen) atoms. The molecule has 1 aliphatic heterocycles. The van der Waals surface area contributed by atoms with E-state index in [0.29, 0.717) is 6.61 Å². The summed E-state index contributed by atoms with van der Waals surface area (Å²) in [5, 5.41) is 3.90. The van der Waals surface area contributed by atoms with Crippen molar-refractivity contribution >= 4 is 29.7 Å². The van der Waals surface area contributed by atoms with Crippen LogP contribution in [0.2, 0.25) is 0 Å². The first-order valence-corrected chi connectivity index (χ1v) is 10.8. The Bertz CT molecular complexity index is 904. The average molecular weight is 389 g/mol. The highest BCUT2D eigenvalue weighted by molar-refractivity contribution is 7.80. The maximum absolute atomic E-state index is 6.02. The average Bonchev–Trinajstić information content (AvgIpc) is 3.25. The Morgan fingerprint density at radius 3 is 2.07 bits per heavy atom. The third kappa shape index (κ3) is 3.87. The maximum Gasteiger partial charge on any atom is 0.217 e. The molecule has 0 aliphatic carbocycles. The largest absolute Gasteiger partial charge is 0.475 e. The third-order valence-electron chi connectivity index (χ3n) is 4.99. The molecular formula is C24H24NO2P. The third-order valence-corrected chi connectivity index (χ3v) is 7.49. The first-order valence-electron chi connectivity index (χ1n) is 9.51. The maximum atomic E-state index is 6.02. The standard InChI is InChI=1S/C24H24NO2P/c1-18(26-2)22-17-27-24(25-22)21-15-9-10-16-23(21)28(19-11-5-3-6-12-19)20-13-7-4-8-14-20/h3-16,18,22H,17H2,1-2H3/t18-,22-/m1/s1. The first kappa shape index (κ1) is 18.9. The molecule has 0 saturated carbocycles. The van der Waals surface area contributed by atoms with Crippen LogP contribution in [0.5, 0.6) is 0 Å². The monoisotopic (exact) mass is 389 g/mol. The molecule has 0 aromatic heterocycles. The quantitative estimate of drug-likeness (QED) is 0.603. The number of hydrogen-bond acceptors (Lipinski definition) is 3. The first-order chi connectivity index (χ1) is 13.8. The van der Waals surface area contributed by atoms with Crippen molar-refractivity contribution in [3.05, 3.63) is 90.5 Å². The van der Waals surface area contributed by atoms with Gasteiger partial charge in [0.15, 0.2) is 0 Å². The van der Waals surface area contributed by atoms with Crippen LogP contribution in [0.3, 0.4) is 0 Å². The fourth-order valence-corrected chi connectivity index (χ4v) is 5.81. The van der Waals surface area contributed by atoms with Crippen molar-refractivity contribution in [3.8, 4) is 0 Å². The minimum Gasteiger partial charge on any atom is -0.475 e. The van der Waals surface area contributed by atoms with Gasteiger partial charge in [0.1, 0.15) is 12.6 Å². The van der Waals surface area contributed by atoms with E-state index in [1.54, 1.807) is 7.11 Å². The molecule has 1 aliphatic rings. The van der Waals surface area contributed by atoms with E-state index in [9.17, 15) is 0 Å². The molecule has 0 bridgehead atoms. The molecule has 3 nitrogen and oxygen atoms in total. The second-order valence-electron chi connectivity index (χ2n) is 6.78. The topological polar surface area (TPSA) is 30.8 Å². The zero-order valence-electron chi connectivity index (χ0n) is 16.2. The summed E-state index contributed by atoms with van der Waals surface area (Å²) in [6, 6.07) is 29.9. The van der Waals surface area contributed by atoms with E-state index in [0.717, 1.165) is 11.5 Å². The van der Waals surface area contributed by atoms with Gasteiger partial charge in [0.2, 0.25) is 5.90 Å². The molecule has 0 N–H and O–H groups in total. The van der Waals surface area contributed by atoms with Gasteiger partial charge in [-0.25, -0.2) is 4.99 Å². The number of benzene rings is 3. The highest BCUT2D eigenvalue weighted by atomic mass is 31.1. The van der Waals surface area contributed by atoms with Crippen LogP contribution in [0, 0.1) is 0 Å². The van der Waals surface area contributed by atoms with Gasteiger partial charge in [0.25, 0.3) is 0 Å². The summed E-state index contributed by atoms with van der Waals surface area (Å²) in [6.07, 6.45) is 0.0365. The minimum atomic E-state index is -0.708. The number of rotatable bonds is 6. The number of methoxy groups -OCH3 is 1. The van der Waals surface area contributed by atoms with E-state index in [4.69, 9.17) is 14.5 Å². The van der Waals surface area contributed by atoms with E-state index in [-0.39, 0.29) is 12.1 Å². The minimum absolute atomic E-state index is 0.0349. The summed E-state index contributed by atoms with van der Waals surface area (Å²) >= 11 is 0. The number of hydrogen-bond donors (Lipinski definition) is 0. The number of ether oxygens (including phenoxy) is 2. The van der Waals surface area contributed by atoms with Crippen LogP contribution in [-0.4, -0.2) is 31.8 Å². The van der Waals surface area contributed by atoms with Gasteiger partial charge in [-0.2, -0.15) is 0 Å². The fraction of sp³-hybridized carbons (Fsp3) is 0.208. The second-order valence-corrected chi connectivity index (χ2v) is 8.96. The van der Waals surface area contributed by atoms with Gasteiger partial charge >= 0.3 is 0 Å². The Morgan fingerprint density at radius 1 is 0.893 bits per heavy atom. The summed E-state index contributed by atoms with van der Waals surface area (Å²) in [4.78, 5) is 4.84. The van der Waals surface area contributed by atoms with Crippen molar-refractivity contribution in [1.29, 1.82) is 0 Å². The lowest BCUT2D eigenvalue weighted by molar-refractivity contribution is 0.0865. The Morgan fingerprint density at radius 2 is 1.46 bits per heavy atom. The summed E-state index contributed by atoms with van der Waals surface area (Å²) in [6.45, 7) is 2.60. The highest BCUT2D eigenvalue weighted by Gasteiger charge is 2.28. The van der Waals surface area contributed by atoms with Crippen LogP contribution >= 0.6 is 7.92 Å². The molecule has 142 valence electrons. The molecule has 0 spiro atoms. The van der Waals surface area contributed by atoms with Crippen LogP contribution in [0.15, 0.2) is 89.9 Å². The molecule has 0 fully saturated rings. The predicted molar refractivity (Wildman–Crippen MR) is 118 cm³/mol. The summed E-state index contributed by atoms with van der Waals surface area (Å²) < 4.78 is 11.5. The van der Waals surface area contributed by atoms with Crippen LogP contribution in [0.4, 0.5) is 0 Å². The Labute approximate surface area is 167 Å². The zero-order chi connectivity index (χ0) is 19.3. The fourth-order valence-electron chi connectivity index (χ4n) is 3.37. The molecule has 3 aromatic carbocycles.